The lowest BCUT2D eigenvalue weighted by atomic mass is 10.00. The fourth-order valence-electron chi connectivity index (χ4n) is 1.89. The Labute approximate surface area is 114 Å². The summed E-state index contributed by atoms with van der Waals surface area (Å²) in [6, 6.07) is 8.40. The number of methoxy groups -OCH3 is 1. The first-order valence-electron chi connectivity index (χ1n) is 5.94. The first-order chi connectivity index (χ1) is 9.54. The van der Waals surface area contributed by atoms with Gasteiger partial charge in [-0.25, -0.2) is 13.2 Å². The summed E-state index contributed by atoms with van der Waals surface area (Å²) in [4.78, 5) is 0. The minimum atomic E-state index is -1.59. The Morgan fingerprint density at radius 2 is 1.65 bits per heavy atom. The Morgan fingerprint density at radius 3 is 2.25 bits per heavy atom. The Balaban J connectivity index is 2.31. The minimum absolute atomic E-state index is 0.302. The molecule has 2 rings (SSSR count). The Hall–Kier alpha value is -1.85. The van der Waals surface area contributed by atoms with Crippen LogP contribution < -0.4 is 0 Å². The van der Waals surface area contributed by atoms with E-state index in [4.69, 9.17) is 4.74 Å². The topological polar surface area (TPSA) is 29.5 Å². The first-order valence-corrected chi connectivity index (χ1v) is 5.94. The average Bonchev–Trinajstić information content (AvgIpc) is 2.45. The van der Waals surface area contributed by atoms with Crippen molar-refractivity contribution in [1.82, 2.24) is 0 Å². The fraction of sp³-hybridized carbons (Fsp3) is 0.200. The van der Waals surface area contributed by atoms with Crippen molar-refractivity contribution in [2.75, 3.05) is 7.11 Å². The molecule has 0 aliphatic carbocycles. The third-order valence-electron chi connectivity index (χ3n) is 2.97. The molecule has 1 atom stereocenters. The highest BCUT2D eigenvalue weighted by Crippen LogP contribution is 2.27. The van der Waals surface area contributed by atoms with Crippen LogP contribution in [0.2, 0.25) is 0 Å². The van der Waals surface area contributed by atoms with Gasteiger partial charge >= 0.3 is 0 Å². The second-order valence-corrected chi connectivity index (χ2v) is 4.34. The summed E-state index contributed by atoms with van der Waals surface area (Å²) in [6.45, 7) is 0.413. The normalized spacial score (nSPS) is 12.4. The Bertz CT molecular complexity index is 597. The van der Waals surface area contributed by atoms with E-state index in [2.05, 4.69) is 0 Å². The zero-order chi connectivity index (χ0) is 14.7. The molecule has 0 amide bonds. The highest BCUT2D eigenvalue weighted by atomic mass is 19.2. The summed E-state index contributed by atoms with van der Waals surface area (Å²) in [5, 5.41) is 10.0. The van der Waals surface area contributed by atoms with Gasteiger partial charge in [0.05, 0.1) is 6.61 Å². The molecule has 5 heteroatoms. The van der Waals surface area contributed by atoms with Gasteiger partial charge in [0, 0.05) is 12.7 Å². The highest BCUT2D eigenvalue weighted by Gasteiger charge is 2.20. The van der Waals surface area contributed by atoms with Gasteiger partial charge in [-0.1, -0.05) is 30.3 Å². The molecular formula is C15H13F3O2. The molecule has 106 valence electrons. The van der Waals surface area contributed by atoms with Gasteiger partial charge in [-0.3, -0.25) is 0 Å². The number of rotatable bonds is 4. The lowest BCUT2D eigenvalue weighted by molar-refractivity contribution is 0.184. The third kappa shape index (κ3) is 2.84. The standard InChI is InChI=1S/C15H13F3O2/c1-20-8-9-2-4-10(5-3-9)15(19)11-6-7-12(16)14(18)13(11)17/h2-7,15,19H,8H2,1H3. The molecule has 0 aromatic heterocycles. The number of aliphatic hydroxyl groups excluding tert-OH is 1. The zero-order valence-corrected chi connectivity index (χ0v) is 10.7. The van der Waals surface area contributed by atoms with E-state index in [9.17, 15) is 18.3 Å². The monoisotopic (exact) mass is 282 g/mol. The van der Waals surface area contributed by atoms with Crippen LogP contribution >= 0.6 is 0 Å². The molecule has 20 heavy (non-hydrogen) atoms. The molecule has 0 saturated heterocycles. The van der Waals surface area contributed by atoms with Crippen LogP contribution in [0.25, 0.3) is 0 Å². The maximum Gasteiger partial charge on any atom is 0.194 e. The van der Waals surface area contributed by atoms with Crippen molar-refractivity contribution in [2.45, 2.75) is 12.7 Å². The molecule has 2 aromatic carbocycles. The largest absolute Gasteiger partial charge is 0.384 e. The van der Waals surface area contributed by atoms with E-state index >= 15 is 0 Å². The predicted octanol–water partition coefficient (Wildman–Crippen LogP) is 3.33. The minimum Gasteiger partial charge on any atom is -0.384 e. The molecule has 0 radical (unpaired) electrons. The third-order valence-corrected chi connectivity index (χ3v) is 2.97. The predicted molar refractivity (Wildman–Crippen MR) is 67.5 cm³/mol. The van der Waals surface area contributed by atoms with Crippen molar-refractivity contribution in [3.8, 4) is 0 Å². The first kappa shape index (κ1) is 14.6. The van der Waals surface area contributed by atoms with Gasteiger partial charge in [-0.15, -0.1) is 0 Å². The quantitative estimate of drug-likeness (QED) is 0.872. The van der Waals surface area contributed by atoms with E-state index in [1.807, 2.05) is 0 Å². The second-order valence-electron chi connectivity index (χ2n) is 4.34. The van der Waals surface area contributed by atoms with Crippen LogP contribution in [0, 0.1) is 17.5 Å². The number of hydrogen-bond acceptors (Lipinski definition) is 2. The maximum absolute atomic E-state index is 13.6. The maximum atomic E-state index is 13.6. The van der Waals surface area contributed by atoms with Gasteiger partial charge < -0.3 is 9.84 Å². The summed E-state index contributed by atoms with van der Waals surface area (Å²) >= 11 is 0. The lowest BCUT2D eigenvalue weighted by Crippen LogP contribution is -2.06. The molecule has 0 fully saturated rings. The van der Waals surface area contributed by atoms with E-state index in [1.54, 1.807) is 31.4 Å². The van der Waals surface area contributed by atoms with Crippen LogP contribution in [-0.2, 0) is 11.3 Å². The summed E-state index contributed by atoms with van der Waals surface area (Å²) < 4.78 is 44.6. The number of halogens is 3. The summed E-state index contributed by atoms with van der Waals surface area (Å²) in [6.07, 6.45) is -1.36. The zero-order valence-electron chi connectivity index (χ0n) is 10.7. The van der Waals surface area contributed by atoms with Crippen molar-refractivity contribution in [2.24, 2.45) is 0 Å². The van der Waals surface area contributed by atoms with Crippen LogP contribution in [0.4, 0.5) is 13.2 Å². The van der Waals surface area contributed by atoms with Gasteiger partial charge in [0.15, 0.2) is 17.5 Å². The number of ether oxygens (including phenoxy) is 1. The van der Waals surface area contributed by atoms with Crippen LogP contribution in [0.15, 0.2) is 36.4 Å². The summed E-state index contributed by atoms with van der Waals surface area (Å²) in [5.74, 6) is -4.25. The van der Waals surface area contributed by atoms with Crippen molar-refractivity contribution < 1.29 is 23.0 Å². The van der Waals surface area contributed by atoms with Crippen molar-refractivity contribution >= 4 is 0 Å². The molecule has 0 bridgehead atoms. The molecule has 0 aliphatic rings. The Kier molecular flexibility index (Phi) is 4.42. The van der Waals surface area contributed by atoms with E-state index < -0.39 is 23.6 Å². The highest BCUT2D eigenvalue weighted by molar-refractivity contribution is 5.33. The van der Waals surface area contributed by atoms with Crippen molar-refractivity contribution in [3.63, 3.8) is 0 Å². The number of hydrogen-bond donors (Lipinski definition) is 1. The van der Waals surface area contributed by atoms with Gasteiger partial charge in [-0.2, -0.15) is 0 Å². The lowest BCUT2D eigenvalue weighted by Gasteiger charge is -2.13. The van der Waals surface area contributed by atoms with Gasteiger partial charge in [0.2, 0.25) is 0 Å². The van der Waals surface area contributed by atoms with Gasteiger partial charge in [-0.05, 0) is 17.2 Å². The van der Waals surface area contributed by atoms with Crippen LogP contribution in [-0.4, -0.2) is 12.2 Å². The number of aliphatic hydroxyl groups is 1. The molecular weight excluding hydrogens is 269 g/mol. The SMILES string of the molecule is COCc1ccc(C(O)c2ccc(F)c(F)c2F)cc1. The van der Waals surface area contributed by atoms with Crippen LogP contribution in [0.5, 0.6) is 0 Å². The number of benzene rings is 2. The molecule has 0 aliphatic heterocycles. The van der Waals surface area contributed by atoms with Gasteiger partial charge in [0.25, 0.3) is 0 Å². The van der Waals surface area contributed by atoms with Crippen LogP contribution in [0.1, 0.15) is 22.8 Å². The summed E-state index contributed by atoms with van der Waals surface area (Å²) in [7, 11) is 1.55. The van der Waals surface area contributed by atoms with Crippen molar-refractivity contribution in [3.05, 3.63) is 70.5 Å². The van der Waals surface area contributed by atoms with E-state index in [1.165, 1.54) is 0 Å². The van der Waals surface area contributed by atoms with Crippen molar-refractivity contribution in [1.29, 1.82) is 0 Å². The molecule has 2 aromatic rings. The van der Waals surface area contributed by atoms with E-state index in [0.717, 1.165) is 17.7 Å². The van der Waals surface area contributed by atoms with E-state index in [-0.39, 0.29) is 5.56 Å². The second kappa shape index (κ2) is 6.07. The average molecular weight is 282 g/mol. The van der Waals surface area contributed by atoms with E-state index in [0.29, 0.717) is 12.2 Å². The molecule has 1 unspecified atom stereocenters. The smallest absolute Gasteiger partial charge is 0.194 e. The summed E-state index contributed by atoms with van der Waals surface area (Å²) in [5.41, 5.74) is 0.965. The molecule has 1 N–H and O–H groups in total. The molecule has 2 nitrogen and oxygen atoms in total. The van der Waals surface area contributed by atoms with Gasteiger partial charge in [0.1, 0.15) is 6.10 Å². The molecule has 0 heterocycles. The van der Waals surface area contributed by atoms with Crippen LogP contribution in [0.3, 0.4) is 0 Å². The molecule has 0 saturated carbocycles. The fourth-order valence-corrected chi connectivity index (χ4v) is 1.89. The molecule has 0 spiro atoms. The Morgan fingerprint density at radius 1 is 1.00 bits per heavy atom.